The molecular formula is C22H18ClN3O2S2. The van der Waals surface area contributed by atoms with E-state index in [1.807, 2.05) is 48.5 Å². The third-order valence-corrected chi connectivity index (χ3v) is 6.15. The Morgan fingerprint density at radius 1 is 1.20 bits per heavy atom. The first kappa shape index (κ1) is 22.0. The predicted octanol–water partition coefficient (Wildman–Crippen LogP) is 4.88. The first-order valence-corrected chi connectivity index (χ1v) is 10.8. The summed E-state index contributed by atoms with van der Waals surface area (Å²) in [5.41, 5.74) is 1.46. The van der Waals surface area contributed by atoms with Crippen LogP contribution in [0.3, 0.4) is 0 Å². The molecule has 8 heteroatoms. The minimum absolute atomic E-state index is 0.103. The third kappa shape index (κ3) is 5.28. The SMILES string of the molecule is N#CCCN(C(=O)CCN1C(=O)/C(=C/c2ccccc2Cl)SC1=S)c1ccccc1. The van der Waals surface area contributed by atoms with Crippen molar-refractivity contribution in [1.82, 2.24) is 4.90 Å². The highest BCUT2D eigenvalue weighted by atomic mass is 35.5. The average Bonchev–Trinajstić information content (AvgIpc) is 3.01. The largest absolute Gasteiger partial charge is 0.311 e. The number of halogens is 1. The molecule has 0 N–H and O–H groups in total. The van der Waals surface area contributed by atoms with Crippen LogP contribution in [0.2, 0.25) is 5.02 Å². The van der Waals surface area contributed by atoms with Gasteiger partial charge in [0.25, 0.3) is 5.91 Å². The lowest BCUT2D eigenvalue weighted by molar-refractivity contribution is -0.123. The van der Waals surface area contributed by atoms with Crippen LogP contribution in [0.4, 0.5) is 5.69 Å². The summed E-state index contributed by atoms with van der Waals surface area (Å²) in [6, 6.07) is 18.5. The van der Waals surface area contributed by atoms with Gasteiger partial charge in [0, 0.05) is 30.2 Å². The summed E-state index contributed by atoms with van der Waals surface area (Å²) in [4.78, 5) is 29.1. The van der Waals surface area contributed by atoms with E-state index in [-0.39, 0.29) is 31.2 Å². The Morgan fingerprint density at radius 3 is 2.60 bits per heavy atom. The van der Waals surface area contributed by atoms with Gasteiger partial charge < -0.3 is 4.90 Å². The molecule has 2 amide bonds. The molecule has 0 aromatic heterocycles. The van der Waals surface area contributed by atoms with Gasteiger partial charge in [0.2, 0.25) is 5.91 Å². The molecule has 1 aliphatic heterocycles. The van der Waals surface area contributed by atoms with Gasteiger partial charge in [-0.15, -0.1) is 0 Å². The van der Waals surface area contributed by atoms with Gasteiger partial charge in [0.1, 0.15) is 4.32 Å². The number of hydrogen-bond donors (Lipinski definition) is 0. The molecule has 0 aliphatic carbocycles. The summed E-state index contributed by atoms with van der Waals surface area (Å²) in [7, 11) is 0. The second-order valence-corrected chi connectivity index (χ2v) is 8.48. The first-order chi connectivity index (χ1) is 14.5. The highest BCUT2D eigenvalue weighted by Crippen LogP contribution is 2.33. The smallest absolute Gasteiger partial charge is 0.266 e. The van der Waals surface area contributed by atoms with Gasteiger partial charge in [-0.2, -0.15) is 5.26 Å². The van der Waals surface area contributed by atoms with Crippen LogP contribution < -0.4 is 4.90 Å². The maximum Gasteiger partial charge on any atom is 0.266 e. The van der Waals surface area contributed by atoms with Crippen molar-refractivity contribution in [3.63, 3.8) is 0 Å². The molecular weight excluding hydrogens is 438 g/mol. The standard InChI is InChI=1S/C22H18ClN3O2S2/c23-18-10-5-4-7-16(18)15-19-21(28)26(22(29)30-19)14-11-20(27)25(13-6-12-24)17-8-2-1-3-9-17/h1-5,7-10,15H,6,11,13-14H2/b19-15-. The molecule has 1 fully saturated rings. The molecule has 0 radical (unpaired) electrons. The van der Waals surface area contributed by atoms with Gasteiger partial charge >= 0.3 is 0 Å². The lowest BCUT2D eigenvalue weighted by atomic mass is 10.2. The molecule has 2 aromatic rings. The summed E-state index contributed by atoms with van der Waals surface area (Å²) in [5, 5.41) is 9.46. The van der Waals surface area contributed by atoms with Crippen molar-refractivity contribution >= 4 is 63.5 Å². The number of anilines is 1. The molecule has 1 heterocycles. The van der Waals surface area contributed by atoms with Crippen LogP contribution in [-0.2, 0) is 9.59 Å². The third-order valence-electron chi connectivity index (χ3n) is 4.43. The van der Waals surface area contributed by atoms with Crippen LogP contribution in [0, 0.1) is 11.3 Å². The maximum atomic E-state index is 12.8. The summed E-state index contributed by atoms with van der Waals surface area (Å²) in [6.07, 6.45) is 2.04. The van der Waals surface area contributed by atoms with Gasteiger partial charge in [0.15, 0.2) is 0 Å². The number of nitriles is 1. The van der Waals surface area contributed by atoms with Crippen molar-refractivity contribution in [2.45, 2.75) is 12.8 Å². The Kier molecular flexibility index (Phi) is 7.63. The molecule has 0 unspecified atom stereocenters. The van der Waals surface area contributed by atoms with Crippen molar-refractivity contribution in [1.29, 1.82) is 5.26 Å². The first-order valence-electron chi connectivity index (χ1n) is 9.23. The van der Waals surface area contributed by atoms with Crippen LogP contribution in [0.15, 0.2) is 59.5 Å². The zero-order chi connectivity index (χ0) is 21.5. The Balaban J connectivity index is 1.69. The highest BCUT2D eigenvalue weighted by molar-refractivity contribution is 8.26. The summed E-state index contributed by atoms with van der Waals surface area (Å²) >= 11 is 12.7. The topological polar surface area (TPSA) is 64.4 Å². The minimum Gasteiger partial charge on any atom is -0.311 e. The number of para-hydroxylation sites is 1. The van der Waals surface area contributed by atoms with Crippen LogP contribution in [-0.4, -0.2) is 34.1 Å². The fourth-order valence-corrected chi connectivity index (χ4v) is 4.43. The van der Waals surface area contributed by atoms with E-state index in [1.165, 1.54) is 16.7 Å². The van der Waals surface area contributed by atoms with E-state index < -0.39 is 0 Å². The second-order valence-electron chi connectivity index (χ2n) is 6.39. The van der Waals surface area contributed by atoms with E-state index >= 15 is 0 Å². The molecule has 5 nitrogen and oxygen atoms in total. The van der Waals surface area contributed by atoms with Crippen molar-refractivity contribution in [3.05, 3.63) is 70.1 Å². The Hall–Kier alpha value is -2.66. The maximum absolute atomic E-state index is 12.8. The zero-order valence-electron chi connectivity index (χ0n) is 16.0. The van der Waals surface area contributed by atoms with E-state index in [1.54, 1.807) is 17.0 Å². The van der Waals surface area contributed by atoms with E-state index in [2.05, 4.69) is 6.07 Å². The van der Waals surface area contributed by atoms with E-state index in [4.69, 9.17) is 29.1 Å². The number of hydrogen-bond acceptors (Lipinski definition) is 5. The number of nitrogens with zero attached hydrogens (tertiary/aromatic N) is 3. The van der Waals surface area contributed by atoms with Crippen LogP contribution in [0.25, 0.3) is 6.08 Å². The van der Waals surface area contributed by atoms with Gasteiger partial charge in [0.05, 0.1) is 17.4 Å². The number of thiocarbonyl (C=S) groups is 1. The molecule has 30 heavy (non-hydrogen) atoms. The number of amides is 2. The van der Waals surface area contributed by atoms with Gasteiger partial charge in [-0.3, -0.25) is 14.5 Å². The highest BCUT2D eigenvalue weighted by Gasteiger charge is 2.32. The Morgan fingerprint density at radius 2 is 1.90 bits per heavy atom. The quantitative estimate of drug-likeness (QED) is 0.440. The monoisotopic (exact) mass is 455 g/mol. The number of benzene rings is 2. The van der Waals surface area contributed by atoms with E-state index in [9.17, 15) is 9.59 Å². The fourth-order valence-electron chi connectivity index (χ4n) is 2.94. The minimum atomic E-state index is -0.235. The van der Waals surface area contributed by atoms with Gasteiger partial charge in [-0.25, -0.2) is 0 Å². The number of thioether (sulfide) groups is 1. The van der Waals surface area contributed by atoms with Crippen molar-refractivity contribution in [2.24, 2.45) is 0 Å². The molecule has 3 rings (SSSR count). The summed E-state index contributed by atoms with van der Waals surface area (Å²) < 4.78 is 0.411. The van der Waals surface area contributed by atoms with E-state index in [0.717, 1.165) is 11.3 Å². The number of carbonyl (C=O) groups is 2. The molecule has 0 bridgehead atoms. The second kappa shape index (κ2) is 10.4. The molecule has 0 spiro atoms. The summed E-state index contributed by atoms with van der Waals surface area (Å²) in [5.74, 6) is -0.401. The fraction of sp³-hybridized carbons (Fsp3) is 0.182. The lowest BCUT2D eigenvalue weighted by Crippen LogP contribution is -2.36. The zero-order valence-corrected chi connectivity index (χ0v) is 18.3. The number of carbonyl (C=O) groups excluding carboxylic acids is 2. The normalized spacial score (nSPS) is 14.8. The molecule has 0 atom stereocenters. The van der Waals surface area contributed by atoms with Crippen molar-refractivity contribution < 1.29 is 9.59 Å². The molecule has 0 saturated carbocycles. The lowest BCUT2D eigenvalue weighted by Gasteiger charge is -2.23. The molecule has 1 saturated heterocycles. The molecule has 1 aliphatic rings. The van der Waals surface area contributed by atoms with Crippen molar-refractivity contribution in [2.75, 3.05) is 18.0 Å². The molecule has 152 valence electrons. The number of rotatable bonds is 7. The van der Waals surface area contributed by atoms with Crippen LogP contribution in [0.1, 0.15) is 18.4 Å². The van der Waals surface area contributed by atoms with Crippen LogP contribution >= 0.6 is 35.6 Å². The average molecular weight is 456 g/mol. The van der Waals surface area contributed by atoms with E-state index in [0.29, 0.717) is 20.8 Å². The van der Waals surface area contributed by atoms with Crippen molar-refractivity contribution in [3.8, 4) is 6.07 Å². The molecule has 2 aromatic carbocycles. The van der Waals surface area contributed by atoms with Crippen LogP contribution in [0.5, 0.6) is 0 Å². The Bertz CT molecular complexity index is 1030. The Labute approximate surface area is 189 Å². The van der Waals surface area contributed by atoms with Gasteiger partial charge in [-0.05, 0) is 29.8 Å². The predicted molar refractivity (Wildman–Crippen MR) is 125 cm³/mol. The summed E-state index contributed by atoms with van der Waals surface area (Å²) in [6.45, 7) is 0.476. The van der Waals surface area contributed by atoms with Gasteiger partial charge in [-0.1, -0.05) is 72.0 Å².